The van der Waals surface area contributed by atoms with Crippen LogP contribution in [-0.2, 0) is 16.0 Å². The number of amides is 3. The van der Waals surface area contributed by atoms with E-state index in [9.17, 15) is 30.0 Å². The molecule has 4 heterocycles. The molecule has 3 saturated heterocycles. The summed E-state index contributed by atoms with van der Waals surface area (Å²) in [6, 6.07) is 13.7. The van der Waals surface area contributed by atoms with Crippen LogP contribution in [0.3, 0.4) is 0 Å². The Morgan fingerprint density at radius 1 is 0.981 bits per heavy atom. The summed E-state index contributed by atoms with van der Waals surface area (Å²) in [6.45, 7) is 11.4. The summed E-state index contributed by atoms with van der Waals surface area (Å²) in [7, 11) is 0. The highest BCUT2D eigenvalue weighted by molar-refractivity contribution is 5.87. The number of ether oxygens (including phenoxy) is 2. The second-order valence-electron chi connectivity index (χ2n) is 16.0. The number of benzene rings is 2. The molecule has 3 aliphatic rings. The van der Waals surface area contributed by atoms with Crippen molar-refractivity contribution in [2.24, 2.45) is 11.3 Å². The minimum absolute atomic E-state index is 0.0167. The van der Waals surface area contributed by atoms with Crippen molar-refractivity contribution < 1.29 is 39.5 Å². The predicted octanol–water partition coefficient (Wildman–Crippen LogP) is 2.94. The van der Waals surface area contributed by atoms with Gasteiger partial charge in [0.25, 0.3) is 0 Å². The number of piperidine rings is 2. The first-order valence-electron chi connectivity index (χ1n) is 19.6. The van der Waals surface area contributed by atoms with E-state index in [0.29, 0.717) is 25.5 Å². The molecule has 2 aromatic carbocycles. The molecule has 1 aromatic heterocycles. The van der Waals surface area contributed by atoms with Gasteiger partial charge in [-0.2, -0.15) is 0 Å². The number of likely N-dealkylation sites (tertiary alicyclic amines) is 2. The number of hydrogen-bond donors (Lipinski definition) is 6. The van der Waals surface area contributed by atoms with Crippen LogP contribution in [-0.4, -0.2) is 130 Å². The zero-order valence-electron chi connectivity index (χ0n) is 32.0. The van der Waals surface area contributed by atoms with Gasteiger partial charge in [0.05, 0.1) is 25.3 Å². The second kappa shape index (κ2) is 17.8. The number of hydrogen-bond acceptors (Lipinski definition) is 9. The fourth-order valence-electron chi connectivity index (χ4n) is 8.41. The molecule has 0 radical (unpaired) electrons. The Balaban J connectivity index is 0.966. The highest BCUT2D eigenvalue weighted by Crippen LogP contribution is 2.40. The van der Waals surface area contributed by atoms with Crippen LogP contribution in [0.15, 0.2) is 48.7 Å². The molecule has 6 N–H and O–H groups in total. The van der Waals surface area contributed by atoms with Gasteiger partial charge in [0.1, 0.15) is 30.2 Å². The molecule has 3 aromatic rings. The van der Waals surface area contributed by atoms with Gasteiger partial charge >= 0.3 is 6.03 Å². The van der Waals surface area contributed by atoms with Crippen LogP contribution in [0.5, 0.6) is 5.75 Å². The van der Waals surface area contributed by atoms with E-state index in [0.717, 1.165) is 91.7 Å². The van der Waals surface area contributed by atoms with Gasteiger partial charge in [-0.1, -0.05) is 38.1 Å². The third-order valence-electron chi connectivity index (χ3n) is 11.5. The molecular weight excluding hydrogens is 690 g/mol. The summed E-state index contributed by atoms with van der Waals surface area (Å²) >= 11 is 0. The first kappa shape index (κ1) is 40.0. The quantitative estimate of drug-likeness (QED) is 0.144. The first-order valence-corrected chi connectivity index (χ1v) is 19.6. The van der Waals surface area contributed by atoms with Crippen molar-refractivity contribution in [3.8, 4) is 5.75 Å². The smallest absolute Gasteiger partial charge is 0.315 e. The van der Waals surface area contributed by atoms with Gasteiger partial charge in [0.15, 0.2) is 6.23 Å². The van der Waals surface area contributed by atoms with Gasteiger partial charge in [-0.05, 0) is 98.2 Å². The molecule has 0 aliphatic carbocycles. The first-order chi connectivity index (χ1) is 26.0. The van der Waals surface area contributed by atoms with E-state index < -0.39 is 37.3 Å². The summed E-state index contributed by atoms with van der Waals surface area (Å²) < 4.78 is 13.8. The van der Waals surface area contributed by atoms with E-state index in [1.54, 1.807) is 4.57 Å². The molecule has 13 heteroatoms. The number of carbonyl (C=O) groups is 2. The molecule has 5 atom stereocenters. The van der Waals surface area contributed by atoms with Gasteiger partial charge in [-0.25, -0.2) is 4.79 Å². The highest BCUT2D eigenvalue weighted by atomic mass is 16.6. The number of aliphatic hydroxyl groups excluding tert-OH is 4. The van der Waals surface area contributed by atoms with Crippen molar-refractivity contribution >= 4 is 22.8 Å². The summed E-state index contributed by atoms with van der Waals surface area (Å²) in [6.07, 6.45) is 1.60. The lowest BCUT2D eigenvalue weighted by molar-refractivity contribution is -0.250. The predicted molar refractivity (Wildman–Crippen MR) is 205 cm³/mol. The lowest BCUT2D eigenvalue weighted by Gasteiger charge is -2.47. The van der Waals surface area contributed by atoms with Crippen molar-refractivity contribution in [2.75, 3.05) is 59.0 Å². The summed E-state index contributed by atoms with van der Waals surface area (Å²) in [5.41, 5.74) is 4.27. The second-order valence-corrected chi connectivity index (χ2v) is 16.0. The topological polar surface area (TPSA) is 169 Å². The average Bonchev–Trinajstić information content (AvgIpc) is 3.53. The highest BCUT2D eigenvalue weighted by Gasteiger charge is 2.45. The minimum Gasteiger partial charge on any atom is -0.494 e. The van der Waals surface area contributed by atoms with Gasteiger partial charge in [0.2, 0.25) is 5.91 Å². The normalized spacial score (nSPS) is 24.6. The molecule has 3 fully saturated rings. The van der Waals surface area contributed by atoms with Gasteiger partial charge in [-0.3, -0.25) is 4.79 Å². The number of carbonyl (C=O) groups excluding carboxylic acids is 2. The maximum atomic E-state index is 12.8. The molecule has 54 heavy (non-hydrogen) atoms. The van der Waals surface area contributed by atoms with E-state index in [4.69, 9.17) is 9.47 Å². The van der Waals surface area contributed by atoms with Gasteiger partial charge in [0, 0.05) is 44.3 Å². The Bertz CT molecular complexity index is 1700. The molecule has 1 unspecified atom stereocenters. The Hall–Kier alpha value is -3.72. The number of urea groups is 1. The zero-order chi connectivity index (χ0) is 38.4. The number of nitrogens with zero attached hydrogens (tertiary/aromatic N) is 3. The van der Waals surface area contributed by atoms with Crippen LogP contribution >= 0.6 is 0 Å². The fraction of sp³-hybridized carbons (Fsp3) is 0.610. The molecule has 1 spiro atoms. The maximum absolute atomic E-state index is 12.8. The Morgan fingerprint density at radius 3 is 2.46 bits per heavy atom. The number of aromatic nitrogens is 1. The molecule has 6 rings (SSSR count). The number of nitrogens with one attached hydrogen (secondary N) is 2. The molecular formula is C41H59N5O8. The third-order valence-corrected chi connectivity index (χ3v) is 11.5. The van der Waals surface area contributed by atoms with Crippen molar-refractivity contribution in [1.29, 1.82) is 0 Å². The maximum Gasteiger partial charge on any atom is 0.315 e. The molecule has 0 bridgehead atoms. The number of rotatable bonds is 13. The van der Waals surface area contributed by atoms with E-state index >= 15 is 0 Å². The lowest BCUT2D eigenvalue weighted by atomic mass is 9.72. The van der Waals surface area contributed by atoms with E-state index in [2.05, 4.69) is 27.7 Å². The molecule has 3 amide bonds. The fourth-order valence-corrected chi connectivity index (χ4v) is 8.41. The van der Waals surface area contributed by atoms with Crippen LogP contribution in [0, 0.1) is 18.3 Å². The van der Waals surface area contributed by atoms with Crippen LogP contribution in [0.25, 0.3) is 10.9 Å². The third kappa shape index (κ3) is 9.38. The Morgan fingerprint density at radius 2 is 1.74 bits per heavy atom. The van der Waals surface area contributed by atoms with Crippen LogP contribution < -0.4 is 15.4 Å². The van der Waals surface area contributed by atoms with Crippen LogP contribution in [0.4, 0.5) is 4.79 Å². The summed E-state index contributed by atoms with van der Waals surface area (Å²) in [5.74, 6) is 1.16. The number of aryl methyl sites for hydroxylation is 1. The van der Waals surface area contributed by atoms with Crippen molar-refractivity contribution in [3.63, 3.8) is 0 Å². The van der Waals surface area contributed by atoms with Crippen molar-refractivity contribution in [1.82, 2.24) is 25.0 Å². The van der Waals surface area contributed by atoms with Crippen LogP contribution in [0.1, 0.15) is 68.9 Å². The average molecular weight is 750 g/mol. The van der Waals surface area contributed by atoms with Crippen molar-refractivity contribution in [3.05, 3.63) is 65.4 Å². The number of aliphatic hydroxyl groups is 4. The summed E-state index contributed by atoms with van der Waals surface area (Å²) in [5, 5.41) is 47.9. The Kier molecular flexibility index (Phi) is 13.2. The van der Waals surface area contributed by atoms with E-state index in [1.165, 1.54) is 6.42 Å². The molecule has 13 nitrogen and oxygen atoms in total. The largest absolute Gasteiger partial charge is 0.494 e. The molecule has 3 aliphatic heterocycles. The monoisotopic (exact) mass is 749 g/mol. The SMILES string of the molecule is Cc1cccc2c1c(Cc1ccc(OCCCN3CCCC4(CCN(C(=O)CNC(=O)NCC(C)C)CC4)C3)cc1)cn2[C@@H]1O[C@H](CO)[C@@H](O)C(O)[C@H]1O. The van der Waals surface area contributed by atoms with Gasteiger partial charge < -0.3 is 54.9 Å². The standard InChI is InChI=1S/C41H59N5O8/c1-27(2)22-42-40(52)43-23-34(48)45-18-14-41(15-19-45)13-5-16-44(26-41)17-6-20-53-31-11-9-29(10-12-31)21-30-24-46(32-8-4-7-28(3)35(30)32)39-38(51)37(50)36(49)33(25-47)54-39/h4,7-12,24,27,33,36-39,47,49-51H,5-6,13-23,25-26H2,1-3H3,(H2,42,43,52)/t33-,36-,37?,38-,39-/m1/s1. The molecule has 0 saturated carbocycles. The summed E-state index contributed by atoms with van der Waals surface area (Å²) in [4.78, 5) is 29.2. The Labute approximate surface area is 318 Å². The van der Waals surface area contributed by atoms with Crippen LogP contribution in [0.2, 0.25) is 0 Å². The zero-order valence-corrected chi connectivity index (χ0v) is 32.0. The van der Waals surface area contributed by atoms with E-state index in [-0.39, 0.29) is 23.9 Å². The molecule has 296 valence electrons. The number of fused-ring (bicyclic) bond motifs is 1. The van der Waals surface area contributed by atoms with Gasteiger partial charge in [-0.15, -0.1) is 0 Å². The van der Waals surface area contributed by atoms with Crippen molar-refractivity contribution in [2.45, 2.75) is 89.9 Å². The lowest BCUT2D eigenvalue weighted by Crippen LogP contribution is -2.56. The minimum atomic E-state index is -1.46. The van der Waals surface area contributed by atoms with E-state index in [1.807, 2.05) is 62.2 Å².